The van der Waals surface area contributed by atoms with Crippen LogP contribution in [0.1, 0.15) is 70.3 Å². The number of hydrogen-bond donors (Lipinski definition) is 1. The fraction of sp³-hybridized carbons (Fsp3) is 0.609. The molecule has 29 heavy (non-hydrogen) atoms. The second-order valence-corrected chi connectivity index (χ2v) is 8.41. The molecule has 3 heterocycles. The topological polar surface area (TPSA) is 57.2 Å². The SMILES string of the molecule is CCC(C)c1ccc(Nc2nc(N3CCCCC3)nc(N3CCCCC3)n2)cc1. The first-order valence-corrected chi connectivity index (χ1v) is 11.4. The summed E-state index contributed by atoms with van der Waals surface area (Å²) in [5.74, 6) is 2.87. The van der Waals surface area contributed by atoms with Crippen molar-refractivity contribution in [2.45, 2.75) is 64.7 Å². The molecule has 1 unspecified atom stereocenters. The van der Waals surface area contributed by atoms with Crippen LogP contribution >= 0.6 is 0 Å². The third-order valence-corrected chi connectivity index (χ3v) is 6.24. The number of rotatable bonds is 6. The monoisotopic (exact) mass is 394 g/mol. The maximum atomic E-state index is 4.86. The number of nitrogens with zero attached hydrogens (tertiary/aromatic N) is 5. The Labute approximate surface area is 174 Å². The minimum absolute atomic E-state index is 0.581. The molecule has 2 fully saturated rings. The summed E-state index contributed by atoms with van der Waals surface area (Å²) in [5, 5.41) is 3.43. The van der Waals surface area contributed by atoms with Crippen LogP contribution in [0.5, 0.6) is 0 Å². The van der Waals surface area contributed by atoms with Gasteiger partial charge in [-0.15, -0.1) is 0 Å². The Kier molecular flexibility index (Phi) is 6.47. The van der Waals surface area contributed by atoms with Crippen molar-refractivity contribution in [3.05, 3.63) is 29.8 Å². The molecule has 2 aromatic rings. The van der Waals surface area contributed by atoms with Gasteiger partial charge in [0.15, 0.2) is 0 Å². The summed E-state index contributed by atoms with van der Waals surface area (Å²) in [4.78, 5) is 19.1. The highest BCUT2D eigenvalue weighted by atomic mass is 15.4. The third-order valence-electron chi connectivity index (χ3n) is 6.24. The number of nitrogens with one attached hydrogen (secondary N) is 1. The van der Waals surface area contributed by atoms with E-state index < -0.39 is 0 Å². The lowest BCUT2D eigenvalue weighted by molar-refractivity contribution is 0.556. The Morgan fingerprint density at radius 2 is 1.31 bits per heavy atom. The largest absolute Gasteiger partial charge is 0.341 e. The Balaban J connectivity index is 1.58. The van der Waals surface area contributed by atoms with Crippen LogP contribution in [-0.4, -0.2) is 41.1 Å². The van der Waals surface area contributed by atoms with Gasteiger partial charge in [-0.3, -0.25) is 0 Å². The predicted octanol–water partition coefficient (Wildman–Crippen LogP) is 5.11. The fourth-order valence-electron chi connectivity index (χ4n) is 4.14. The van der Waals surface area contributed by atoms with Gasteiger partial charge in [-0.05, 0) is 68.6 Å². The Morgan fingerprint density at radius 3 is 1.79 bits per heavy atom. The van der Waals surface area contributed by atoms with Crippen LogP contribution in [0, 0.1) is 0 Å². The number of piperidine rings is 2. The van der Waals surface area contributed by atoms with Crippen LogP contribution in [-0.2, 0) is 0 Å². The lowest BCUT2D eigenvalue weighted by atomic mass is 9.99. The smallest absolute Gasteiger partial charge is 0.233 e. The van der Waals surface area contributed by atoms with Crippen molar-refractivity contribution in [3.63, 3.8) is 0 Å². The molecule has 4 rings (SSSR count). The minimum Gasteiger partial charge on any atom is -0.341 e. The molecular formula is C23H34N6. The Hall–Kier alpha value is -2.37. The van der Waals surface area contributed by atoms with E-state index in [9.17, 15) is 0 Å². The molecule has 0 radical (unpaired) electrons. The van der Waals surface area contributed by atoms with Crippen LogP contribution in [0.2, 0.25) is 0 Å². The van der Waals surface area contributed by atoms with Gasteiger partial charge in [-0.2, -0.15) is 15.0 Å². The summed E-state index contributed by atoms with van der Waals surface area (Å²) in [6.45, 7) is 8.63. The van der Waals surface area contributed by atoms with E-state index in [1.54, 1.807) is 0 Å². The van der Waals surface area contributed by atoms with Gasteiger partial charge < -0.3 is 15.1 Å². The average molecular weight is 395 g/mol. The van der Waals surface area contributed by atoms with Crippen molar-refractivity contribution in [3.8, 4) is 0 Å². The van der Waals surface area contributed by atoms with Gasteiger partial charge in [0.05, 0.1) is 0 Å². The highest BCUT2D eigenvalue weighted by molar-refractivity contribution is 5.57. The number of aromatic nitrogens is 3. The number of hydrogen-bond acceptors (Lipinski definition) is 6. The molecule has 1 aromatic carbocycles. The molecule has 2 saturated heterocycles. The summed E-state index contributed by atoms with van der Waals surface area (Å²) >= 11 is 0. The van der Waals surface area contributed by atoms with Crippen molar-refractivity contribution in [1.82, 2.24) is 15.0 Å². The van der Waals surface area contributed by atoms with Gasteiger partial charge in [0.25, 0.3) is 0 Å². The number of anilines is 4. The molecule has 2 aliphatic rings. The number of benzene rings is 1. The van der Waals surface area contributed by atoms with Gasteiger partial charge in [0, 0.05) is 31.9 Å². The highest BCUT2D eigenvalue weighted by Crippen LogP contribution is 2.25. The van der Waals surface area contributed by atoms with Crippen LogP contribution in [0.15, 0.2) is 24.3 Å². The van der Waals surface area contributed by atoms with E-state index in [2.05, 4.69) is 53.2 Å². The van der Waals surface area contributed by atoms with E-state index in [-0.39, 0.29) is 0 Å². The van der Waals surface area contributed by atoms with Crippen molar-refractivity contribution in [2.24, 2.45) is 0 Å². The third kappa shape index (κ3) is 4.98. The quantitative estimate of drug-likeness (QED) is 0.735. The zero-order chi connectivity index (χ0) is 20.1. The van der Waals surface area contributed by atoms with E-state index in [4.69, 9.17) is 15.0 Å². The summed E-state index contributed by atoms with van der Waals surface area (Å²) < 4.78 is 0. The van der Waals surface area contributed by atoms with Crippen LogP contribution in [0.4, 0.5) is 23.5 Å². The molecule has 156 valence electrons. The lowest BCUT2D eigenvalue weighted by Crippen LogP contribution is -2.34. The van der Waals surface area contributed by atoms with Gasteiger partial charge in [-0.1, -0.05) is 26.0 Å². The summed E-state index contributed by atoms with van der Waals surface area (Å²) in [7, 11) is 0. The Bertz CT molecular complexity index is 742. The first kappa shape index (κ1) is 19.9. The molecule has 1 atom stereocenters. The van der Waals surface area contributed by atoms with E-state index in [1.807, 2.05) is 0 Å². The van der Waals surface area contributed by atoms with Gasteiger partial charge in [0.2, 0.25) is 17.8 Å². The molecule has 1 aromatic heterocycles. The predicted molar refractivity (Wildman–Crippen MR) is 120 cm³/mol. The Morgan fingerprint density at radius 1 is 0.793 bits per heavy atom. The normalized spacial score (nSPS) is 18.6. The van der Waals surface area contributed by atoms with E-state index in [0.717, 1.165) is 50.2 Å². The molecular weight excluding hydrogens is 360 g/mol. The zero-order valence-electron chi connectivity index (χ0n) is 17.9. The lowest BCUT2D eigenvalue weighted by Gasteiger charge is -2.30. The van der Waals surface area contributed by atoms with Crippen molar-refractivity contribution < 1.29 is 0 Å². The average Bonchev–Trinajstić information content (AvgIpc) is 2.80. The molecule has 1 N–H and O–H groups in total. The molecule has 0 aliphatic carbocycles. The van der Waals surface area contributed by atoms with E-state index in [1.165, 1.54) is 44.1 Å². The standard InChI is InChI=1S/C23H34N6/c1-3-18(2)19-10-12-20(13-11-19)24-21-25-22(28-14-6-4-7-15-28)27-23(26-21)29-16-8-5-9-17-29/h10-13,18H,3-9,14-17H2,1-2H3,(H,24,25,26,27). The van der Waals surface area contributed by atoms with E-state index in [0.29, 0.717) is 11.9 Å². The summed E-state index contributed by atoms with van der Waals surface area (Å²) in [5.41, 5.74) is 2.40. The maximum Gasteiger partial charge on any atom is 0.233 e. The van der Waals surface area contributed by atoms with Crippen LogP contribution in [0.3, 0.4) is 0 Å². The summed E-state index contributed by atoms with van der Waals surface area (Å²) in [6, 6.07) is 8.67. The molecule has 0 saturated carbocycles. The summed E-state index contributed by atoms with van der Waals surface area (Å²) in [6.07, 6.45) is 8.60. The molecule has 0 spiro atoms. The minimum atomic E-state index is 0.581. The van der Waals surface area contributed by atoms with Gasteiger partial charge in [0.1, 0.15) is 0 Å². The first-order valence-electron chi connectivity index (χ1n) is 11.4. The second-order valence-electron chi connectivity index (χ2n) is 8.41. The molecule has 0 amide bonds. The van der Waals surface area contributed by atoms with E-state index >= 15 is 0 Å². The zero-order valence-corrected chi connectivity index (χ0v) is 17.9. The highest BCUT2D eigenvalue weighted by Gasteiger charge is 2.20. The van der Waals surface area contributed by atoms with Crippen molar-refractivity contribution in [1.29, 1.82) is 0 Å². The maximum absolute atomic E-state index is 4.86. The van der Waals surface area contributed by atoms with Gasteiger partial charge >= 0.3 is 0 Å². The second kappa shape index (κ2) is 9.42. The van der Waals surface area contributed by atoms with Gasteiger partial charge in [-0.25, -0.2) is 0 Å². The molecule has 6 heteroatoms. The van der Waals surface area contributed by atoms with Crippen molar-refractivity contribution in [2.75, 3.05) is 41.3 Å². The van der Waals surface area contributed by atoms with Crippen molar-refractivity contribution >= 4 is 23.5 Å². The fourth-order valence-corrected chi connectivity index (χ4v) is 4.14. The molecule has 0 bridgehead atoms. The first-order chi connectivity index (χ1) is 14.2. The van der Waals surface area contributed by atoms with Crippen LogP contribution in [0.25, 0.3) is 0 Å². The van der Waals surface area contributed by atoms with Crippen LogP contribution < -0.4 is 15.1 Å². The molecule has 2 aliphatic heterocycles. The molecule has 6 nitrogen and oxygen atoms in total.